The van der Waals surface area contributed by atoms with Crippen LogP contribution in [0.2, 0.25) is 0 Å². The summed E-state index contributed by atoms with van der Waals surface area (Å²) in [4.78, 5) is 14.3. The van der Waals surface area contributed by atoms with Gasteiger partial charge in [0.15, 0.2) is 0 Å². The minimum Gasteiger partial charge on any atom is -0.492 e. The average molecular weight is 365 g/mol. The van der Waals surface area contributed by atoms with Gasteiger partial charge in [-0.3, -0.25) is 4.99 Å². The highest BCUT2D eigenvalue weighted by molar-refractivity contribution is 7.19. The molecule has 7 heteroatoms. The molecule has 0 amide bonds. The molecule has 0 spiro atoms. The number of benzene rings is 1. The van der Waals surface area contributed by atoms with Crippen molar-refractivity contribution in [3.63, 3.8) is 0 Å². The number of thiophene rings is 1. The van der Waals surface area contributed by atoms with Crippen LogP contribution in [-0.4, -0.2) is 29.8 Å². The molecule has 3 N–H and O–H groups in total. The second kappa shape index (κ2) is 6.76. The molecule has 26 heavy (non-hydrogen) atoms. The van der Waals surface area contributed by atoms with E-state index >= 15 is 0 Å². The first-order chi connectivity index (χ1) is 12.7. The fourth-order valence-electron chi connectivity index (χ4n) is 3.18. The lowest BCUT2D eigenvalue weighted by Gasteiger charge is -2.09. The van der Waals surface area contributed by atoms with Crippen molar-refractivity contribution >= 4 is 33.7 Å². The van der Waals surface area contributed by atoms with Crippen LogP contribution in [-0.2, 0) is 6.42 Å². The molecule has 132 valence electrons. The van der Waals surface area contributed by atoms with Gasteiger partial charge in [0.1, 0.15) is 5.75 Å². The van der Waals surface area contributed by atoms with Crippen LogP contribution >= 0.6 is 11.3 Å². The van der Waals surface area contributed by atoms with Crippen LogP contribution in [0.15, 0.2) is 41.3 Å². The van der Waals surface area contributed by atoms with Gasteiger partial charge >= 0.3 is 0 Å². The maximum atomic E-state index is 5.90. The van der Waals surface area contributed by atoms with Crippen molar-refractivity contribution in [1.82, 2.24) is 9.97 Å². The Kier molecular flexibility index (Phi) is 4.30. The number of nitrogens with one attached hydrogen (secondary N) is 1. The molecule has 1 aromatic carbocycles. The Balaban J connectivity index is 1.84. The number of aromatic nitrogens is 2. The van der Waals surface area contributed by atoms with E-state index in [1.54, 1.807) is 24.6 Å². The number of ether oxygens (including phenoxy) is 1. The van der Waals surface area contributed by atoms with Crippen LogP contribution in [0.25, 0.3) is 21.3 Å². The quantitative estimate of drug-likeness (QED) is 0.691. The topological polar surface area (TPSA) is 85.4 Å². The second-order valence-corrected chi connectivity index (χ2v) is 7.22. The van der Waals surface area contributed by atoms with Crippen molar-refractivity contribution in [1.29, 1.82) is 0 Å². The van der Waals surface area contributed by atoms with Gasteiger partial charge in [-0.15, -0.1) is 11.3 Å². The van der Waals surface area contributed by atoms with Crippen molar-refractivity contribution in [3.05, 3.63) is 46.7 Å². The molecule has 0 fully saturated rings. The van der Waals surface area contributed by atoms with Gasteiger partial charge in [0.05, 0.1) is 28.7 Å². The fourth-order valence-corrected chi connectivity index (χ4v) is 4.17. The van der Waals surface area contributed by atoms with Gasteiger partial charge in [0.25, 0.3) is 0 Å². The zero-order valence-electron chi connectivity index (χ0n) is 14.6. The van der Waals surface area contributed by atoms with Crippen molar-refractivity contribution in [2.75, 3.05) is 19.0 Å². The minimum atomic E-state index is 0.488. The number of aliphatic imine (C=N–C) groups is 1. The molecule has 3 heterocycles. The molecule has 0 bridgehead atoms. The number of allylic oxidation sites excluding steroid dienone is 1. The molecule has 3 aromatic rings. The highest BCUT2D eigenvalue weighted by atomic mass is 32.1. The van der Waals surface area contributed by atoms with Crippen LogP contribution < -0.4 is 15.8 Å². The predicted octanol–water partition coefficient (Wildman–Crippen LogP) is 3.51. The minimum absolute atomic E-state index is 0.488. The lowest BCUT2D eigenvalue weighted by molar-refractivity contribution is 0.358. The van der Waals surface area contributed by atoms with Crippen LogP contribution in [0, 0.1) is 6.92 Å². The summed E-state index contributed by atoms with van der Waals surface area (Å²) in [7, 11) is 1.69. The third kappa shape index (κ3) is 2.80. The number of rotatable bonds is 4. The van der Waals surface area contributed by atoms with Gasteiger partial charge in [0, 0.05) is 41.9 Å². The van der Waals surface area contributed by atoms with E-state index in [9.17, 15) is 0 Å². The Morgan fingerprint density at radius 1 is 1.42 bits per heavy atom. The number of para-hydroxylation sites is 1. The Morgan fingerprint density at radius 2 is 2.31 bits per heavy atom. The lowest BCUT2D eigenvalue weighted by Crippen LogP contribution is -2.06. The Morgan fingerprint density at radius 3 is 3.12 bits per heavy atom. The van der Waals surface area contributed by atoms with Gasteiger partial charge in [-0.2, -0.15) is 0 Å². The van der Waals surface area contributed by atoms with E-state index in [-0.39, 0.29) is 0 Å². The fraction of sp³-hybridized carbons (Fsp3) is 0.211. The number of hydrogen-bond acceptors (Lipinski definition) is 7. The lowest BCUT2D eigenvalue weighted by atomic mass is 10.0. The smallest absolute Gasteiger partial charge is 0.227 e. The van der Waals surface area contributed by atoms with Crippen molar-refractivity contribution in [2.24, 2.45) is 10.7 Å². The molecule has 2 aromatic heterocycles. The van der Waals surface area contributed by atoms with Crippen molar-refractivity contribution < 1.29 is 4.74 Å². The normalized spacial score (nSPS) is 14.0. The molecule has 6 nitrogen and oxygen atoms in total. The zero-order chi connectivity index (χ0) is 18.1. The highest BCUT2D eigenvalue weighted by Gasteiger charge is 2.22. The molecular weight excluding hydrogens is 346 g/mol. The SMILES string of the molecule is CN=CC(=CN)Nc1ncc2sc(C)c(-c3cccc4c3OCC4)c2n1. The number of fused-ring (bicyclic) bond motifs is 2. The van der Waals surface area contributed by atoms with E-state index in [1.165, 1.54) is 16.6 Å². The van der Waals surface area contributed by atoms with Gasteiger partial charge in [-0.25, -0.2) is 9.97 Å². The molecule has 1 aliphatic rings. The third-order valence-electron chi connectivity index (χ3n) is 4.29. The van der Waals surface area contributed by atoms with E-state index in [0.29, 0.717) is 11.6 Å². The standard InChI is InChI=1S/C19H19N5OS/c1-11-16(14-5-3-4-12-6-7-25-18(12)14)17-15(26-11)10-22-19(24-17)23-13(8-20)9-21-2/h3-5,8-10H,6-7,20H2,1-2H3,(H,22,23,24). The largest absolute Gasteiger partial charge is 0.492 e. The highest BCUT2D eigenvalue weighted by Crippen LogP contribution is 2.44. The summed E-state index contributed by atoms with van der Waals surface area (Å²) in [6.07, 6.45) is 5.86. The van der Waals surface area contributed by atoms with E-state index in [0.717, 1.165) is 40.1 Å². The van der Waals surface area contributed by atoms with Crippen LogP contribution in [0.4, 0.5) is 5.95 Å². The maximum Gasteiger partial charge on any atom is 0.227 e. The third-order valence-corrected chi connectivity index (χ3v) is 5.32. The first-order valence-corrected chi connectivity index (χ1v) is 9.15. The van der Waals surface area contributed by atoms with Crippen molar-refractivity contribution in [2.45, 2.75) is 13.3 Å². The molecule has 0 saturated heterocycles. The van der Waals surface area contributed by atoms with E-state index in [2.05, 4.69) is 40.4 Å². The molecule has 0 aliphatic carbocycles. The van der Waals surface area contributed by atoms with Crippen LogP contribution in [0.5, 0.6) is 5.75 Å². The average Bonchev–Trinajstić information content (AvgIpc) is 3.24. The number of anilines is 1. The first kappa shape index (κ1) is 16.5. The van der Waals surface area contributed by atoms with Gasteiger partial charge in [0.2, 0.25) is 5.95 Å². The number of nitrogens with zero attached hydrogens (tertiary/aromatic N) is 3. The Bertz CT molecular complexity index is 1040. The summed E-state index contributed by atoms with van der Waals surface area (Å²) >= 11 is 1.69. The molecule has 0 atom stereocenters. The Labute approximate surface area is 155 Å². The summed E-state index contributed by atoms with van der Waals surface area (Å²) in [5.41, 5.74) is 10.6. The number of nitrogens with two attached hydrogens (primary N) is 1. The molecular formula is C19H19N5OS. The summed E-state index contributed by atoms with van der Waals surface area (Å²) < 4.78 is 6.95. The monoisotopic (exact) mass is 365 g/mol. The maximum absolute atomic E-state index is 5.90. The zero-order valence-corrected chi connectivity index (χ0v) is 15.4. The first-order valence-electron chi connectivity index (χ1n) is 8.33. The van der Waals surface area contributed by atoms with Crippen molar-refractivity contribution in [3.8, 4) is 16.9 Å². The van der Waals surface area contributed by atoms with E-state index in [1.807, 2.05) is 6.20 Å². The number of aryl methyl sites for hydroxylation is 1. The van der Waals surface area contributed by atoms with Crippen LogP contribution in [0.3, 0.4) is 0 Å². The van der Waals surface area contributed by atoms with Crippen LogP contribution in [0.1, 0.15) is 10.4 Å². The molecule has 0 saturated carbocycles. The van der Waals surface area contributed by atoms with Gasteiger partial charge < -0.3 is 15.8 Å². The molecule has 4 rings (SSSR count). The van der Waals surface area contributed by atoms with E-state index < -0.39 is 0 Å². The molecule has 0 unspecified atom stereocenters. The van der Waals surface area contributed by atoms with E-state index in [4.69, 9.17) is 15.5 Å². The van der Waals surface area contributed by atoms with Gasteiger partial charge in [-0.05, 0) is 12.5 Å². The number of hydrogen-bond donors (Lipinski definition) is 2. The Hall–Kier alpha value is -2.93. The predicted molar refractivity (Wildman–Crippen MR) is 107 cm³/mol. The molecule has 0 radical (unpaired) electrons. The summed E-state index contributed by atoms with van der Waals surface area (Å²) in [6, 6.07) is 6.31. The summed E-state index contributed by atoms with van der Waals surface area (Å²) in [5.74, 6) is 1.46. The second-order valence-electron chi connectivity index (χ2n) is 5.97. The molecule has 1 aliphatic heterocycles. The van der Waals surface area contributed by atoms with Gasteiger partial charge in [-0.1, -0.05) is 18.2 Å². The summed E-state index contributed by atoms with van der Waals surface area (Å²) in [6.45, 7) is 2.84. The summed E-state index contributed by atoms with van der Waals surface area (Å²) in [5, 5.41) is 3.10.